The lowest BCUT2D eigenvalue weighted by atomic mass is 9.95. The van der Waals surface area contributed by atoms with Gasteiger partial charge in [0.05, 0.1) is 24.9 Å². The maximum Gasteiger partial charge on any atom is 0.255 e. The molecule has 3 aromatic rings. The van der Waals surface area contributed by atoms with Crippen molar-refractivity contribution in [2.45, 2.75) is 32.2 Å². The number of hydrogen-bond acceptors (Lipinski definition) is 4. The maximum atomic E-state index is 12.6. The minimum absolute atomic E-state index is 0.213. The topological polar surface area (TPSA) is 69.0 Å². The van der Waals surface area contributed by atoms with Crippen LogP contribution in [0.5, 0.6) is 5.75 Å². The Morgan fingerprint density at radius 3 is 2.90 bits per heavy atom. The van der Waals surface area contributed by atoms with Gasteiger partial charge in [-0.15, -0.1) is 0 Å². The second kappa shape index (κ2) is 8.66. The zero-order valence-electron chi connectivity index (χ0n) is 16.3. The van der Waals surface area contributed by atoms with E-state index in [4.69, 9.17) is 21.4 Å². The van der Waals surface area contributed by atoms with E-state index in [-0.39, 0.29) is 5.91 Å². The number of benzene rings is 1. The normalized spacial score (nSPS) is 13.0. The predicted molar refractivity (Wildman–Crippen MR) is 112 cm³/mol. The van der Waals surface area contributed by atoms with E-state index in [1.165, 1.54) is 24.8 Å². The maximum absolute atomic E-state index is 12.6. The Labute approximate surface area is 174 Å². The van der Waals surface area contributed by atoms with Gasteiger partial charge in [-0.2, -0.15) is 5.10 Å². The zero-order chi connectivity index (χ0) is 20.2. The highest BCUT2D eigenvalue weighted by molar-refractivity contribution is 6.31. The van der Waals surface area contributed by atoms with Gasteiger partial charge in [0.1, 0.15) is 11.4 Å². The first kappa shape index (κ1) is 19.5. The smallest absolute Gasteiger partial charge is 0.255 e. The summed E-state index contributed by atoms with van der Waals surface area (Å²) in [4.78, 5) is 17.1. The van der Waals surface area contributed by atoms with Gasteiger partial charge in [0.2, 0.25) is 0 Å². The highest BCUT2D eigenvalue weighted by atomic mass is 35.5. The lowest BCUT2D eigenvalue weighted by Crippen LogP contribution is -2.28. The first-order chi connectivity index (χ1) is 14.2. The molecule has 4 rings (SSSR count). The van der Waals surface area contributed by atoms with Crippen molar-refractivity contribution in [3.05, 3.63) is 64.4 Å². The number of nitrogens with zero attached hydrogens (tertiary/aromatic N) is 3. The summed E-state index contributed by atoms with van der Waals surface area (Å²) in [5.41, 5.74) is 4.83. The standard InChI is InChI=1S/C22H23ClN4O2/c1-29-20-10-9-15(23)14-17(20)22(28)25-12-13-27-19-8-3-2-6-16(19)21(26-27)18-7-4-5-11-24-18/h4-5,7,9-11,14H,2-3,6,8,12-13H2,1H3,(H,25,28). The van der Waals surface area contributed by atoms with E-state index in [2.05, 4.69) is 10.3 Å². The molecule has 0 unspecified atom stereocenters. The third-order valence-corrected chi connectivity index (χ3v) is 5.41. The lowest BCUT2D eigenvalue weighted by molar-refractivity contribution is 0.0949. The molecular weight excluding hydrogens is 388 g/mol. The van der Waals surface area contributed by atoms with E-state index in [0.717, 1.165) is 30.7 Å². The average molecular weight is 411 g/mol. The number of fused-ring (bicyclic) bond motifs is 1. The molecule has 6 nitrogen and oxygen atoms in total. The van der Waals surface area contributed by atoms with Crippen LogP contribution < -0.4 is 10.1 Å². The molecule has 0 saturated carbocycles. The minimum atomic E-state index is -0.213. The second-order valence-corrected chi connectivity index (χ2v) is 7.46. The molecule has 0 saturated heterocycles. The number of hydrogen-bond donors (Lipinski definition) is 1. The van der Waals surface area contributed by atoms with E-state index in [0.29, 0.717) is 29.4 Å². The largest absolute Gasteiger partial charge is 0.496 e. The van der Waals surface area contributed by atoms with Gasteiger partial charge in [-0.25, -0.2) is 0 Å². The van der Waals surface area contributed by atoms with Crippen molar-refractivity contribution < 1.29 is 9.53 Å². The van der Waals surface area contributed by atoms with E-state index >= 15 is 0 Å². The van der Waals surface area contributed by atoms with Crippen molar-refractivity contribution in [2.75, 3.05) is 13.7 Å². The molecular formula is C22H23ClN4O2. The first-order valence-electron chi connectivity index (χ1n) is 9.79. The predicted octanol–water partition coefficient (Wildman–Crippen LogP) is 3.92. The summed E-state index contributed by atoms with van der Waals surface area (Å²) in [6.45, 7) is 1.06. The monoisotopic (exact) mass is 410 g/mol. The first-order valence-corrected chi connectivity index (χ1v) is 10.2. The summed E-state index contributed by atoms with van der Waals surface area (Å²) in [6, 6.07) is 10.9. The Balaban J connectivity index is 1.50. The third-order valence-electron chi connectivity index (χ3n) is 5.18. The van der Waals surface area contributed by atoms with Crippen LogP contribution in [0.3, 0.4) is 0 Å². The number of methoxy groups -OCH3 is 1. The number of halogens is 1. The summed E-state index contributed by atoms with van der Waals surface area (Å²) >= 11 is 6.03. The van der Waals surface area contributed by atoms with Crippen molar-refractivity contribution in [3.8, 4) is 17.1 Å². The van der Waals surface area contributed by atoms with Gasteiger partial charge in [0.15, 0.2) is 0 Å². The molecule has 0 radical (unpaired) electrons. The summed E-state index contributed by atoms with van der Waals surface area (Å²) in [6.07, 6.45) is 6.15. The van der Waals surface area contributed by atoms with Crippen molar-refractivity contribution in [2.24, 2.45) is 0 Å². The van der Waals surface area contributed by atoms with E-state index < -0.39 is 0 Å². The average Bonchev–Trinajstić information content (AvgIpc) is 3.13. The van der Waals surface area contributed by atoms with Gasteiger partial charge in [-0.05, 0) is 56.0 Å². The van der Waals surface area contributed by atoms with Crippen LogP contribution in [0.25, 0.3) is 11.4 Å². The molecule has 0 bridgehead atoms. The number of carbonyl (C=O) groups excluding carboxylic acids is 1. The molecule has 29 heavy (non-hydrogen) atoms. The fraction of sp³-hybridized carbons (Fsp3) is 0.318. The summed E-state index contributed by atoms with van der Waals surface area (Å²) < 4.78 is 7.29. The summed E-state index contributed by atoms with van der Waals surface area (Å²) in [7, 11) is 1.54. The highest BCUT2D eigenvalue weighted by Gasteiger charge is 2.22. The van der Waals surface area contributed by atoms with E-state index in [9.17, 15) is 4.79 Å². The third kappa shape index (κ3) is 4.12. The van der Waals surface area contributed by atoms with Crippen LogP contribution in [0.15, 0.2) is 42.6 Å². The Morgan fingerprint density at radius 2 is 2.10 bits per heavy atom. The summed E-state index contributed by atoms with van der Waals surface area (Å²) in [5, 5.41) is 8.29. The molecule has 7 heteroatoms. The molecule has 0 atom stereocenters. The van der Waals surface area contributed by atoms with Crippen LogP contribution in [-0.4, -0.2) is 34.3 Å². The Kier molecular flexibility index (Phi) is 5.81. The molecule has 2 aromatic heterocycles. The van der Waals surface area contributed by atoms with Crippen LogP contribution in [0, 0.1) is 0 Å². The molecule has 0 fully saturated rings. The van der Waals surface area contributed by atoms with Gasteiger partial charge < -0.3 is 10.1 Å². The number of aromatic nitrogens is 3. The number of carbonyl (C=O) groups is 1. The van der Waals surface area contributed by atoms with Crippen LogP contribution >= 0.6 is 11.6 Å². The number of nitrogens with one attached hydrogen (secondary N) is 1. The summed E-state index contributed by atoms with van der Waals surface area (Å²) in [5.74, 6) is 0.288. The molecule has 1 aliphatic rings. The highest BCUT2D eigenvalue weighted by Crippen LogP contribution is 2.30. The molecule has 1 aromatic carbocycles. The van der Waals surface area contributed by atoms with Gasteiger partial charge >= 0.3 is 0 Å². The lowest BCUT2D eigenvalue weighted by Gasteiger charge is -2.15. The van der Waals surface area contributed by atoms with E-state index in [1.807, 2.05) is 22.9 Å². The van der Waals surface area contributed by atoms with Crippen LogP contribution in [-0.2, 0) is 19.4 Å². The Bertz CT molecular complexity index is 1020. The van der Waals surface area contributed by atoms with Crippen molar-refractivity contribution in [1.29, 1.82) is 0 Å². The molecule has 0 aliphatic heterocycles. The fourth-order valence-corrected chi connectivity index (χ4v) is 3.96. The van der Waals surface area contributed by atoms with Gasteiger partial charge in [0, 0.05) is 29.0 Å². The van der Waals surface area contributed by atoms with Crippen molar-refractivity contribution in [3.63, 3.8) is 0 Å². The van der Waals surface area contributed by atoms with Crippen molar-refractivity contribution in [1.82, 2.24) is 20.1 Å². The minimum Gasteiger partial charge on any atom is -0.496 e. The molecule has 0 spiro atoms. The van der Waals surface area contributed by atoms with Crippen LogP contribution in [0.1, 0.15) is 34.5 Å². The quantitative estimate of drug-likeness (QED) is 0.668. The number of pyridine rings is 1. The number of rotatable bonds is 6. The molecule has 1 N–H and O–H groups in total. The van der Waals surface area contributed by atoms with Gasteiger partial charge in [-0.1, -0.05) is 17.7 Å². The number of amides is 1. The number of ether oxygens (including phenoxy) is 1. The zero-order valence-corrected chi connectivity index (χ0v) is 17.1. The van der Waals surface area contributed by atoms with Gasteiger partial charge in [-0.3, -0.25) is 14.5 Å². The van der Waals surface area contributed by atoms with Crippen LogP contribution in [0.4, 0.5) is 0 Å². The van der Waals surface area contributed by atoms with Gasteiger partial charge in [0.25, 0.3) is 5.91 Å². The Hall–Kier alpha value is -2.86. The molecule has 150 valence electrons. The van der Waals surface area contributed by atoms with Crippen LogP contribution in [0.2, 0.25) is 5.02 Å². The Morgan fingerprint density at radius 1 is 1.24 bits per heavy atom. The van der Waals surface area contributed by atoms with E-state index in [1.54, 1.807) is 24.4 Å². The fourth-order valence-electron chi connectivity index (χ4n) is 3.79. The van der Waals surface area contributed by atoms with Crippen molar-refractivity contribution >= 4 is 17.5 Å². The SMILES string of the molecule is COc1ccc(Cl)cc1C(=O)NCCn1nc(-c2ccccn2)c2c1CCCC2. The molecule has 1 amide bonds. The molecule has 1 aliphatic carbocycles. The second-order valence-electron chi connectivity index (χ2n) is 7.02. The molecule has 2 heterocycles.